The molecule has 1 heteroatoms. The van der Waals surface area contributed by atoms with Crippen LogP contribution in [0.5, 0.6) is 0 Å². The molecule has 4 aliphatic carbocycles. The predicted octanol–water partition coefficient (Wildman–Crippen LogP) is 5.40. The van der Waals surface area contributed by atoms with E-state index < -0.39 is 0 Å². The van der Waals surface area contributed by atoms with Crippen LogP contribution in [0.25, 0.3) is 0 Å². The van der Waals surface area contributed by atoms with Crippen molar-refractivity contribution in [1.82, 2.24) is 5.32 Å². The topological polar surface area (TPSA) is 12.0 Å². The molecule has 4 bridgehead atoms. The molecule has 0 amide bonds. The van der Waals surface area contributed by atoms with Crippen molar-refractivity contribution >= 4 is 0 Å². The Morgan fingerprint density at radius 1 is 1.10 bits per heavy atom. The van der Waals surface area contributed by atoms with Gasteiger partial charge in [0.25, 0.3) is 0 Å². The highest BCUT2D eigenvalue weighted by Crippen LogP contribution is 2.66. The molecule has 21 heavy (non-hydrogen) atoms. The summed E-state index contributed by atoms with van der Waals surface area (Å²) in [6, 6.07) is 0.770. The van der Waals surface area contributed by atoms with Crippen LogP contribution < -0.4 is 5.32 Å². The van der Waals surface area contributed by atoms with E-state index in [1.165, 1.54) is 44.9 Å². The van der Waals surface area contributed by atoms with E-state index in [1.54, 1.807) is 6.42 Å². The van der Waals surface area contributed by atoms with Crippen molar-refractivity contribution in [3.05, 3.63) is 0 Å². The summed E-state index contributed by atoms with van der Waals surface area (Å²) in [6.45, 7) is 13.2. The van der Waals surface area contributed by atoms with Crippen LogP contribution in [-0.4, -0.2) is 12.6 Å². The van der Waals surface area contributed by atoms with Gasteiger partial charge in [0.15, 0.2) is 0 Å². The number of rotatable bonds is 5. The summed E-state index contributed by atoms with van der Waals surface area (Å²) in [5, 5.41) is 3.93. The third-order valence-corrected chi connectivity index (χ3v) is 6.77. The number of hydrogen-bond acceptors (Lipinski definition) is 1. The van der Waals surface area contributed by atoms with Gasteiger partial charge in [0.2, 0.25) is 0 Å². The molecule has 0 aromatic rings. The van der Waals surface area contributed by atoms with Crippen molar-refractivity contribution in [1.29, 1.82) is 0 Å². The first-order valence-electron chi connectivity index (χ1n) is 9.47. The van der Waals surface area contributed by atoms with Crippen molar-refractivity contribution in [3.8, 4) is 0 Å². The average Bonchev–Trinajstić information content (AvgIpc) is 2.29. The molecule has 1 nitrogen and oxygen atoms in total. The number of nitrogens with one attached hydrogen (secondary N) is 1. The van der Waals surface area contributed by atoms with Crippen molar-refractivity contribution in [3.63, 3.8) is 0 Å². The normalized spacial score (nSPS) is 43.3. The fourth-order valence-corrected chi connectivity index (χ4v) is 6.65. The van der Waals surface area contributed by atoms with Crippen molar-refractivity contribution in [2.24, 2.45) is 28.1 Å². The maximum Gasteiger partial charge on any atom is 0.0124 e. The smallest absolute Gasteiger partial charge is 0.0124 e. The standard InChI is InChI=1S/C20H37N/c1-6-21-17(7-8-18(2,3)4)20-12-15-9-16(13-20)11-19(5,10-15)14-20/h15-17,21H,6-14H2,1-5H3. The van der Waals surface area contributed by atoms with Crippen LogP contribution in [0.15, 0.2) is 0 Å². The molecule has 4 aliphatic rings. The van der Waals surface area contributed by atoms with E-state index in [0.29, 0.717) is 16.2 Å². The molecule has 1 N–H and O–H groups in total. The molecule has 122 valence electrons. The largest absolute Gasteiger partial charge is 0.314 e. The second-order valence-corrected chi connectivity index (χ2v) is 10.3. The Kier molecular flexibility index (Phi) is 3.96. The van der Waals surface area contributed by atoms with Crippen LogP contribution in [0, 0.1) is 28.1 Å². The van der Waals surface area contributed by atoms with Gasteiger partial charge in [-0.05, 0) is 86.0 Å². The van der Waals surface area contributed by atoms with Crippen LogP contribution in [0.1, 0.15) is 86.0 Å². The maximum absolute atomic E-state index is 3.93. The fourth-order valence-electron chi connectivity index (χ4n) is 6.65. The third kappa shape index (κ3) is 3.19. The summed E-state index contributed by atoms with van der Waals surface area (Å²) in [5.74, 6) is 2.10. The first-order valence-corrected chi connectivity index (χ1v) is 9.47. The van der Waals surface area contributed by atoms with Crippen LogP contribution in [0.2, 0.25) is 0 Å². The zero-order valence-electron chi connectivity index (χ0n) is 15.1. The Morgan fingerprint density at radius 2 is 1.71 bits per heavy atom. The lowest BCUT2D eigenvalue weighted by atomic mass is 9.43. The molecule has 4 saturated carbocycles. The van der Waals surface area contributed by atoms with Gasteiger partial charge in [-0.3, -0.25) is 0 Å². The minimum absolute atomic E-state index is 0.472. The van der Waals surface area contributed by atoms with Gasteiger partial charge in [-0.25, -0.2) is 0 Å². The summed E-state index contributed by atoms with van der Waals surface area (Å²) in [6.07, 6.45) is 11.9. The molecule has 3 unspecified atom stereocenters. The highest BCUT2D eigenvalue weighted by atomic mass is 14.9. The highest BCUT2D eigenvalue weighted by Gasteiger charge is 2.57. The minimum atomic E-state index is 0.472. The van der Waals surface area contributed by atoms with E-state index in [9.17, 15) is 0 Å². The molecule has 4 fully saturated rings. The fraction of sp³-hybridized carbons (Fsp3) is 1.00. The van der Waals surface area contributed by atoms with E-state index in [2.05, 4.69) is 39.9 Å². The second-order valence-electron chi connectivity index (χ2n) is 10.3. The third-order valence-electron chi connectivity index (χ3n) is 6.77. The summed E-state index contributed by atoms with van der Waals surface area (Å²) in [4.78, 5) is 0. The number of hydrogen-bond donors (Lipinski definition) is 1. The van der Waals surface area contributed by atoms with Gasteiger partial charge in [0.05, 0.1) is 0 Å². The van der Waals surface area contributed by atoms with Crippen LogP contribution in [-0.2, 0) is 0 Å². The van der Waals surface area contributed by atoms with Gasteiger partial charge in [-0.1, -0.05) is 34.6 Å². The Morgan fingerprint density at radius 3 is 2.19 bits per heavy atom. The highest BCUT2D eigenvalue weighted by molar-refractivity contribution is 5.10. The zero-order chi connectivity index (χ0) is 15.3. The van der Waals surface area contributed by atoms with Crippen LogP contribution in [0.3, 0.4) is 0 Å². The van der Waals surface area contributed by atoms with E-state index in [-0.39, 0.29) is 0 Å². The van der Waals surface area contributed by atoms with Gasteiger partial charge in [-0.15, -0.1) is 0 Å². The van der Waals surface area contributed by atoms with Crippen LogP contribution in [0.4, 0.5) is 0 Å². The summed E-state index contributed by atoms with van der Waals surface area (Å²) < 4.78 is 0. The second kappa shape index (κ2) is 5.25. The van der Waals surface area contributed by atoms with Gasteiger partial charge in [-0.2, -0.15) is 0 Å². The molecule has 0 aromatic carbocycles. The summed E-state index contributed by atoms with van der Waals surface area (Å²) >= 11 is 0. The van der Waals surface area contributed by atoms with E-state index in [1.807, 2.05) is 0 Å². The zero-order valence-corrected chi connectivity index (χ0v) is 15.1. The van der Waals surface area contributed by atoms with Gasteiger partial charge in [0, 0.05) is 6.04 Å². The first kappa shape index (κ1) is 15.8. The van der Waals surface area contributed by atoms with Gasteiger partial charge in [0.1, 0.15) is 0 Å². The Labute approximate surface area is 132 Å². The summed E-state index contributed by atoms with van der Waals surface area (Å²) in [7, 11) is 0. The molecule has 0 radical (unpaired) electrons. The molecular formula is C20H37N. The molecule has 0 aromatic heterocycles. The van der Waals surface area contributed by atoms with Crippen molar-refractivity contribution in [2.75, 3.05) is 6.54 Å². The van der Waals surface area contributed by atoms with Crippen molar-refractivity contribution < 1.29 is 0 Å². The lowest BCUT2D eigenvalue weighted by Crippen LogP contribution is -2.58. The SMILES string of the molecule is CCNC(CCC(C)(C)C)C12CC3CC(CC(C)(C3)C1)C2. The molecular weight excluding hydrogens is 254 g/mol. The Bertz CT molecular complexity index is 364. The van der Waals surface area contributed by atoms with Gasteiger partial charge < -0.3 is 5.32 Å². The summed E-state index contributed by atoms with van der Waals surface area (Å²) in [5.41, 5.74) is 1.79. The quantitative estimate of drug-likeness (QED) is 0.715. The first-order chi connectivity index (χ1) is 9.74. The van der Waals surface area contributed by atoms with E-state index in [0.717, 1.165) is 24.4 Å². The van der Waals surface area contributed by atoms with Gasteiger partial charge >= 0.3 is 0 Å². The maximum atomic E-state index is 3.93. The lowest BCUT2D eigenvalue weighted by Gasteiger charge is -2.64. The van der Waals surface area contributed by atoms with E-state index >= 15 is 0 Å². The minimum Gasteiger partial charge on any atom is -0.314 e. The molecule has 0 saturated heterocycles. The molecule has 0 heterocycles. The molecule has 0 aliphatic heterocycles. The lowest BCUT2D eigenvalue weighted by molar-refractivity contribution is -0.119. The van der Waals surface area contributed by atoms with Crippen LogP contribution >= 0.6 is 0 Å². The Hall–Kier alpha value is -0.0400. The average molecular weight is 292 g/mol. The van der Waals surface area contributed by atoms with E-state index in [4.69, 9.17) is 0 Å². The molecule has 0 spiro atoms. The van der Waals surface area contributed by atoms with Crippen molar-refractivity contribution in [2.45, 2.75) is 92.0 Å². The molecule has 4 rings (SSSR count). The Balaban J connectivity index is 1.78. The predicted molar refractivity (Wildman–Crippen MR) is 91.4 cm³/mol. The molecule has 3 atom stereocenters. The monoisotopic (exact) mass is 291 g/mol.